The average Bonchev–Trinajstić information content (AvgIpc) is 2.72. The summed E-state index contributed by atoms with van der Waals surface area (Å²) in [5, 5.41) is 10.3. The SMILES string of the molecule is Cc1nc2c(Cl)cc(C(F)(F)F)cn2c1C(=O)NCC(=O)O. The minimum atomic E-state index is -4.65. The molecule has 6 nitrogen and oxygen atoms in total. The van der Waals surface area contributed by atoms with Crippen LogP contribution in [-0.2, 0) is 11.0 Å². The van der Waals surface area contributed by atoms with Crippen molar-refractivity contribution in [2.45, 2.75) is 13.1 Å². The van der Waals surface area contributed by atoms with Gasteiger partial charge in [-0.1, -0.05) is 11.6 Å². The molecule has 0 spiro atoms. The first-order valence-corrected chi connectivity index (χ1v) is 6.24. The molecule has 0 atom stereocenters. The molecule has 0 aliphatic rings. The number of fused-ring (bicyclic) bond motifs is 1. The maximum Gasteiger partial charge on any atom is 0.417 e. The molecule has 0 saturated carbocycles. The summed E-state index contributed by atoms with van der Waals surface area (Å²) in [5.74, 6) is -2.14. The number of hydrogen-bond acceptors (Lipinski definition) is 3. The summed E-state index contributed by atoms with van der Waals surface area (Å²) in [6.07, 6.45) is -3.96. The topological polar surface area (TPSA) is 83.7 Å². The Bertz CT molecular complexity index is 770. The number of aromatic nitrogens is 2. The summed E-state index contributed by atoms with van der Waals surface area (Å²) in [4.78, 5) is 26.4. The standard InChI is InChI=1S/C12H9ClF3N3O3/c1-5-9(11(22)17-3-8(20)21)19-4-6(12(14,15)16)2-7(13)10(19)18-5/h2,4H,3H2,1H3,(H,17,22)(H,20,21). The third-order valence-corrected chi connectivity index (χ3v) is 3.07. The molecule has 0 aromatic carbocycles. The number of alkyl halides is 3. The number of nitrogens with one attached hydrogen (secondary N) is 1. The van der Waals surface area contributed by atoms with Gasteiger partial charge in [0.25, 0.3) is 5.91 Å². The van der Waals surface area contributed by atoms with E-state index in [1.807, 2.05) is 0 Å². The lowest BCUT2D eigenvalue weighted by atomic mass is 10.2. The number of nitrogens with zero attached hydrogens (tertiary/aromatic N) is 2. The van der Waals surface area contributed by atoms with Gasteiger partial charge in [0.1, 0.15) is 12.2 Å². The molecule has 0 fully saturated rings. The molecule has 0 aliphatic heterocycles. The minimum absolute atomic E-state index is 0.0207. The number of carbonyl (C=O) groups is 2. The predicted octanol–water partition coefficient (Wildman–Crippen LogP) is 2.13. The van der Waals surface area contributed by atoms with Gasteiger partial charge in [-0.05, 0) is 13.0 Å². The number of imidazole rings is 1. The second-order valence-electron chi connectivity index (χ2n) is 4.39. The number of amides is 1. The van der Waals surface area contributed by atoms with Gasteiger partial charge < -0.3 is 10.4 Å². The van der Waals surface area contributed by atoms with Crippen LogP contribution in [0.15, 0.2) is 12.3 Å². The van der Waals surface area contributed by atoms with Crippen LogP contribution in [0.25, 0.3) is 5.65 Å². The number of carboxylic acid groups (broad SMARTS) is 1. The molecular formula is C12H9ClF3N3O3. The molecule has 0 aliphatic carbocycles. The van der Waals surface area contributed by atoms with E-state index < -0.39 is 30.2 Å². The fraction of sp³-hybridized carbons (Fsp3) is 0.250. The Morgan fingerprint density at radius 2 is 2.09 bits per heavy atom. The second kappa shape index (κ2) is 5.48. The number of pyridine rings is 1. The van der Waals surface area contributed by atoms with Gasteiger partial charge in [0.2, 0.25) is 0 Å². The Balaban J connectivity index is 2.59. The fourth-order valence-electron chi connectivity index (χ4n) is 1.89. The lowest BCUT2D eigenvalue weighted by molar-refractivity contribution is -0.138. The lowest BCUT2D eigenvalue weighted by Crippen LogP contribution is -2.30. The van der Waals surface area contributed by atoms with Crippen molar-refractivity contribution in [2.75, 3.05) is 6.54 Å². The van der Waals surface area contributed by atoms with Crippen LogP contribution in [0.1, 0.15) is 21.7 Å². The van der Waals surface area contributed by atoms with Crippen LogP contribution in [0.4, 0.5) is 13.2 Å². The van der Waals surface area contributed by atoms with Gasteiger partial charge in [-0.15, -0.1) is 0 Å². The number of carboxylic acids is 1. The average molecular weight is 336 g/mol. The van der Waals surface area contributed by atoms with Crippen LogP contribution in [0.5, 0.6) is 0 Å². The van der Waals surface area contributed by atoms with Crippen molar-refractivity contribution in [1.29, 1.82) is 0 Å². The zero-order valence-electron chi connectivity index (χ0n) is 11.0. The van der Waals surface area contributed by atoms with Crippen LogP contribution >= 0.6 is 11.6 Å². The summed E-state index contributed by atoms with van der Waals surface area (Å²) in [7, 11) is 0. The molecule has 2 rings (SSSR count). The molecule has 22 heavy (non-hydrogen) atoms. The van der Waals surface area contributed by atoms with E-state index in [-0.39, 0.29) is 22.1 Å². The Hall–Kier alpha value is -2.29. The normalized spacial score (nSPS) is 11.7. The first-order chi connectivity index (χ1) is 10.1. The number of aliphatic carboxylic acids is 1. The van der Waals surface area contributed by atoms with E-state index in [1.165, 1.54) is 6.92 Å². The summed E-state index contributed by atoms with van der Waals surface area (Å²) in [6, 6.07) is 0.711. The van der Waals surface area contributed by atoms with Gasteiger partial charge in [-0.3, -0.25) is 14.0 Å². The first-order valence-electron chi connectivity index (χ1n) is 5.86. The maximum atomic E-state index is 12.8. The van der Waals surface area contributed by atoms with Crippen LogP contribution in [-0.4, -0.2) is 32.9 Å². The molecule has 10 heteroatoms. The summed E-state index contributed by atoms with van der Waals surface area (Å²) < 4.78 is 39.4. The van der Waals surface area contributed by atoms with Crippen LogP contribution in [0, 0.1) is 6.92 Å². The van der Waals surface area contributed by atoms with Crippen molar-refractivity contribution < 1.29 is 27.9 Å². The van der Waals surface area contributed by atoms with Crippen LogP contribution < -0.4 is 5.32 Å². The van der Waals surface area contributed by atoms with E-state index in [9.17, 15) is 22.8 Å². The number of carbonyl (C=O) groups excluding carboxylic acids is 1. The highest BCUT2D eigenvalue weighted by Gasteiger charge is 2.32. The molecule has 2 heterocycles. The minimum Gasteiger partial charge on any atom is -0.480 e. The number of aryl methyl sites for hydroxylation is 1. The quantitative estimate of drug-likeness (QED) is 0.900. The fourth-order valence-corrected chi connectivity index (χ4v) is 2.14. The lowest BCUT2D eigenvalue weighted by Gasteiger charge is -2.09. The molecule has 2 aromatic heterocycles. The smallest absolute Gasteiger partial charge is 0.417 e. The van der Waals surface area contributed by atoms with Crippen LogP contribution in [0.2, 0.25) is 5.02 Å². The van der Waals surface area contributed by atoms with E-state index in [2.05, 4.69) is 10.3 Å². The monoisotopic (exact) mass is 335 g/mol. The van der Waals surface area contributed by atoms with E-state index in [0.29, 0.717) is 12.3 Å². The van der Waals surface area contributed by atoms with Crippen molar-refractivity contribution in [1.82, 2.24) is 14.7 Å². The molecule has 2 aromatic rings. The predicted molar refractivity (Wildman–Crippen MR) is 69.9 cm³/mol. The number of halogens is 4. The third-order valence-electron chi connectivity index (χ3n) is 2.79. The molecule has 1 amide bonds. The van der Waals surface area contributed by atoms with Crippen molar-refractivity contribution in [3.63, 3.8) is 0 Å². The number of hydrogen-bond donors (Lipinski definition) is 2. The van der Waals surface area contributed by atoms with E-state index in [4.69, 9.17) is 16.7 Å². The largest absolute Gasteiger partial charge is 0.480 e. The summed E-state index contributed by atoms with van der Waals surface area (Å²) in [5.41, 5.74) is -1.14. The highest BCUT2D eigenvalue weighted by atomic mass is 35.5. The van der Waals surface area contributed by atoms with Gasteiger partial charge in [-0.2, -0.15) is 13.2 Å². The van der Waals surface area contributed by atoms with Crippen molar-refractivity contribution >= 4 is 29.1 Å². The number of rotatable bonds is 3. The highest BCUT2D eigenvalue weighted by molar-refractivity contribution is 6.33. The van der Waals surface area contributed by atoms with Gasteiger partial charge in [-0.25, -0.2) is 4.98 Å². The molecule has 0 saturated heterocycles. The van der Waals surface area contributed by atoms with Gasteiger partial charge in [0.05, 0.1) is 16.3 Å². The van der Waals surface area contributed by atoms with Gasteiger partial charge in [0.15, 0.2) is 5.65 Å². The summed E-state index contributed by atoms with van der Waals surface area (Å²) >= 11 is 5.78. The first kappa shape index (κ1) is 16.1. The Morgan fingerprint density at radius 3 is 2.64 bits per heavy atom. The van der Waals surface area contributed by atoms with Crippen molar-refractivity contribution in [2.24, 2.45) is 0 Å². The zero-order chi connectivity index (χ0) is 16.7. The van der Waals surface area contributed by atoms with E-state index in [0.717, 1.165) is 4.40 Å². The maximum absolute atomic E-state index is 12.8. The molecule has 118 valence electrons. The highest BCUT2D eigenvalue weighted by Crippen LogP contribution is 2.33. The Morgan fingerprint density at radius 1 is 1.45 bits per heavy atom. The molecule has 0 radical (unpaired) electrons. The summed E-state index contributed by atoms with van der Waals surface area (Å²) in [6.45, 7) is 0.741. The molecule has 0 unspecified atom stereocenters. The molecule has 0 bridgehead atoms. The van der Waals surface area contributed by atoms with Crippen LogP contribution in [0.3, 0.4) is 0 Å². The zero-order valence-corrected chi connectivity index (χ0v) is 11.8. The third kappa shape index (κ3) is 2.98. The van der Waals surface area contributed by atoms with Crippen molar-refractivity contribution in [3.8, 4) is 0 Å². The Kier molecular flexibility index (Phi) is 4.01. The Labute approximate surface area is 126 Å². The van der Waals surface area contributed by atoms with Gasteiger partial charge in [0, 0.05) is 6.20 Å². The van der Waals surface area contributed by atoms with Crippen molar-refractivity contribution in [3.05, 3.63) is 34.2 Å². The molecular weight excluding hydrogens is 327 g/mol. The molecule has 2 N–H and O–H groups in total. The second-order valence-corrected chi connectivity index (χ2v) is 4.80. The van der Waals surface area contributed by atoms with Gasteiger partial charge >= 0.3 is 12.1 Å². The van der Waals surface area contributed by atoms with E-state index >= 15 is 0 Å². The van der Waals surface area contributed by atoms with E-state index in [1.54, 1.807) is 0 Å².